The van der Waals surface area contributed by atoms with Crippen molar-refractivity contribution in [3.05, 3.63) is 105 Å². The quantitative estimate of drug-likeness (QED) is 0.145. The number of likely N-dealkylation sites (tertiary alicyclic amines) is 1. The van der Waals surface area contributed by atoms with Crippen molar-refractivity contribution in [2.75, 3.05) is 7.11 Å². The lowest BCUT2D eigenvalue weighted by Crippen LogP contribution is -2.29. The van der Waals surface area contributed by atoms with Crippen LogP contribution in [0.4, 0.5) is 0 Å². The third-order valence-electron chi connectivity index (χ3n) is 7.24. The normalized spacial score (nSPS) is 16.5. The van der Waals surface area contributed by atoms with Crippen LogP contribution in [-0.4, -0.2) is 40.9 Å². The Bertz CT molecular complexity index is 1520. The summed E-state index contributed by atoms with van der Waals surface area (Å²) in [5.41, 5.74) is 4.95. The molecule has 1 N–H and O–H groups in total. The summed E-state index contributed by atoms with van der Waals surface area (Å²) in [5, 5.41) is 11.7. The second-order valence-corrected chi connectivity index (χ2v) is 11.1. The molecular weight excluding hydrogens is 518 g/mol. The highest BCUT2D eigenvalue weighted by Gasteiger charge is 2.46. The molecule has 0 bridgehead atoms. The van der Waals surface area contributed by atoms with E-state index in [-0.39, 0.29) is 29.9 Å². The third kappa shape index (κ3) is 6.04. The molecule has 1 saturated heterocycles. The van der Waals surface area contributed by atoms with Crippen LogP contribution >= 0.6 is 0 Å². The molecule has 0 aromatic heterocycles. The van der Waals surface area contributed by atoms with E-state index in [4.69, 9.17) is 9.47 Å². The zero-order valence-corrected chi connectivity index (χ0v) is 24.6. The molecule has 7 heteroatoms. The van der Waals surface area contributed by atoms with Gasteiger partial charge in [-0.3, -0.25) is 9.59 Å². The maximum atomic E-state index is 13.6. The Balaban J connectivity index is 1.82. The molecule has 1 aliphatic rings. The molecule has 1 amide bonds. The van der Waals surface area contributed by atoms with Crippen LogP contribution in [0.15, 0.2) is 66.2 Å². The number of carbonyl (C=O) groups excluding carboxylic acids is 3. The van der Waals surface area contributed by atoms with Crippen LogP contribution in [0.1, 0.15) is 83.4 Å². The van der Waals surface area contributed by atoms with Gasteiger partial charge in [0.25, 0.3) is 11.7 Å². The summed E-state index contributed by atoms with van der Waals surface area (Å²) in [6, 6.07) is 17.2. The van der Waals surface area contributed by atoms with Crippen LogP contribution in [0.5, 0.6) is 5.75 Å². The lowest BCUT2D eigenvalue weighted by atomic mass is 9.90. The van der Waals surface area contributed by atoms with Gasteiger partial charge in [0.1, 0.15) is 11.5 Å². The van der Waals surface area contributed by atoms with Gasteiger partial charge in [-0.1, -0.05) is 55.8 Å². The molecule has 0 saturated carbocycles. The van der Waals surface area contributed by atoms with Crippen LogP contribution in [0.2, 0.25) is 0 Å². The number of rotatable bonds is 8. The molecule has 3 aromatic rings. The number of ether oxygens (including phenoxy) is 2. The molecule has 0 spiro atoms. The number of aliphatic hydroxyl groups is 1. The van der Waals surface area contributed by atoms with Crippen LogP contribution < -0.4 is 4.74 Å². The van der Waals surface area contributed by atoms with Crippen molar-refractivity contribution in [3.8, 4) is 5.75 Å². The predicted molar refractivity (Wildman–Crippen MR) is 158 cm³/mol. The zero-order valence-electron chi connectivity index (χ0n) is 24.6. The molecule has 1 heterocycles. The third-order valence-corrected chi connectivity index (χ3v) is 7.24. The van der Waals surface area contributed by atoms with Gasteiger partial charge in [-0.05, 0) is 80.1 Å². The largest absolute Gasteiger partial charge is 0.507 e. The van der Waals surface area contributed by atoms with Crippen LogP contribution in [0.25, 0.3) is 5.76 Å². The first-order chi connectivity index (χ1) is 19.4. The monoisotopic (exact) mass is 555 g/mol. The number of methoxy groups -OCH3 is 1. The van der Waals surface area contributed by atoms with E-state index in [1.165, 1.54) is 4.90 Å². The smallest absolute Gasteiger partial charge is 0.338 e. The number of benzene rings is 3. The molecule has 1 aliphatic heterocycles. The van der Waals surface area contributed by atoms with E-state index >= 15 is 0 Å². The summed E-state index contributed by atoms with van der Waals surface area (Å²) in [4.78, 5) is 40.9. The van der Waals surface area contributed by atoms with Crippen molar-refractivity contribution in [3.63, 3.8) is 0 Å². The molecule has 0 aliphatic carbocycles. The Hall–Kier alpha value is -4.39. The predicted octanol–water partition coefficient (Wildman–Crippen LogP) is 6.62. The molecule has 0 radical (unpaired) electrons. The van der Waals surface area contributed by atoms with Crippen molar-refractivity contribution < 1.29 is 29.0 Å². The van der Waals surface area contributed by atoms with Gasteiger partial charge in [-0.2, -0.15) is 0 Å². The highest BCUT2D eigenvalue weighted by Crippen LogP contribution is 2.42. The highest BCUT2D eigenvalue weighted by molar-refractivity contribution is 6.46. The summed E-state index contributed by atoms with van der Waals surface area (Å²) in [7, 11) is 1.60. The number of amides is 1. The zero-order chi connectivity index (χ0) is 30.0. The molecule has 1 fully saturated rings. The summed E-state index contributed by atoms with van der Waals surface area (Å²) in [6.45, 7) is 11.5. The highest BCUT2D eigenvalue weighted by atomic mass is 16.5. The van der Waals surface area contributed by atoms with Gasteiger partial charge < -0.3 is 19.5 Å². The van der Waals surface area contributed by atoms with Crippen LogP contribution in [-0.2, 0) is 20.9 Å². The van der Waals surface area contributed by atoms with Crippen LogP contribution in [0, 0.1) is 13.8 Å². The van der Waals surface area contributed by atoms with Crippen molar-refractivity contribution in [1.82, 2.24) is 4.90 Å². The minimum atomic E-state index is -0.801. The number of carbonyl (C=O) groups is 3. The lowest BCUT2D eigenvalue weighted by Gasteiger charge is -2.26. The maximum absolute atomic E-state index is 13.6. The van der Waals surface area contributed by atoms with Gasteiger partial charge in [-0.25, -0.2) is 4.79 Å². The van der Waals surface area contributed by atoms with Gasteiger partial charge in [-0.15, -0.1) is 0 Å². The van der Waals surface area contributed by atoms with Gasteiger partial charge in [0.05, 0.1) is 30.4 Å². The van der Waals surface area contributed by atoms with Crippen molar-refractivity contribution in [1.29, 1.82) is 0 Å². The second kappa shape index (κ2) is 12.0. The number of ketones is 1. The standard InChI is InChI=1S/C34H37NO6/c1-19(2)26-17-27(22(6)16-28(26)40-7)31(36)29-30(25-10-8-9-21(5)15-25)35(33(38)32(29)37)18-23-11-13-24(14-12-23)34(39)41-20(3)4/h8-17,19-20,30,36H,18H2,1-7H3/b31-29+. The molecule has 1 atom stereocenters. The average molecular weight is 556 g/mol. The molecule has 1 unspecified atom stereocenters. The summed E-state index contributed by atoms with van der Waals surface area (Å²) < 4.78 is 10.8. The minimum absolute atomic E-state index is 0.0423. The Morgan fingerprint density at radius 3 is 2.24 bits per heavy atom. The van der Waals surface area contributed by atoms with Gasteiger partial charge in [0.2, 0.25) is 0 Å². The minimum Gasteiger partial charge on any atom is -0.507 e. The van der Waals surface area contributed by atoms with E-state index in [0.29, 0.717) is 16.9 Å². The first-order valence-electron chi connectivity index (χ1n) is 13.8. The molecule has 3 aromatic carbocycles. The fourth-order valence-corrected chi connectivity index (χ4v) is 5.18. The Kier molecular flexibility index (Phi) is 8.66. The second-order valence-electron chi connectivity index (χ2n) is 11.1. The van der Waals surface area contributed by atoms with Crippen molar-refractivity contribution in [2.24, 2.45) is 0 Å². The van der Waals surface area contributed by atoms with Gasteiger partial charge in [0, 0.05) is 12.1 Å². The summed E-state index contributed by atoms with van der Waals surface area (Å²) in [5.74, 6) is -1.28. The molecule has 4 rings (SSSR count). The molecule has 41 heavy (non-hydrogen) atoms. The van der Waals surface area contributed by atoms with Crippen molar-refractivity contribution in [2.45, 2.75) is 66.2 Å². The number of esters is 1. The molecule has 7 nitrogen and oxygen atoms in total. The first kappa shape index (κ1) is 29.6. The van der Waals surface area contributed by atoms with Gasteiger partial charge >= 0.3 is 5.97 Å². The Labute approximate surface area is 241 Å². The Morgan fingerprint density at radius 2 is 1.66 bits per heavy atom. The lowest BCUT2D eigenvalue weighted by molar-refractivity contribution is -0.140. The van der Waals surface area contributed by atoms with E-state index in [1.807, 2.05) is 64.1 Å². The Morgan fingerprint density at radius 1 is 0.976 bits per heavy atom. The fraction of sp³-hybridized carbons (Fsp3) is 0.324. The number of hydrogen-bond acceptors (Lipinski definition) is 6. The van der Waals surface area contributed by atoms with Crippen molar-refractivity contribution >= 4 is 23.4 Å². The number of Topliss-reactive ketones (excluding diaryl/α,β-unsaturated/α-hetero) is 1. The van der Waals surface area contributed by atoms with E-state index in [9.17, 15) is 19.5 Å². The molecule has 214 valence electrons. The van der Waals surface area contributed by atoms with E-state index < -0.39 is 23.7 Å². The maximum Gasteiger partial charge on any atom is 0.338 e. The number of nitrogens with zero attached hydrogens (tertiary/aromatic N) is 1. The number of aliphatic hydroxyl groups excluding tert-OH is 1. The van der Waals surface area contributed by atoms with E-state index in [1.54, 1.807) is 45.2 Å². The van der Waals surface area contributed by atoms with Gasteiger partial charge in [0.15, 0.2) is 0 Å². The average Bonchev–Trinajstić information content (AvgIpc) is 3.17. The first-order valence-corrected chi connectivity index (χ1v) is 13.8. The SMILES string of the molecule is COc1cc(C)c(/C(O)=C2\C(=O)C(=O)N(Cc3ccc(C(=O)OC(C)C)cc3)C2c2cccc(C)c2)cc1C(C)C. The van der Waals surface area contributed by atoms with Crippen LogP contribution in [0.3, 0.4) is 0 Å². The topological polar surface area (TPSA) is 93.1 Å². The summed E-state index contributed by atoms with van der Waals surface area (Å²) >= 11 is 0. The fourth-order valence-electron chi connectivity index (χ4n) is 5.18. The molecular formula is C34H37NO6. The number of aryl methyl sites for hydroxylation is 2. The summed E-state index contributed by atoms with van der Waals surface area (Å²) in [6.07, 6.45) is -0.241. The van der Waals surface area contributed by atoms with E-state index in [0.717, 1.165) is 27.8 Å². The number of hydrogen-bond donors (Lipinski definition) is 1. The van der Waals surface area contributed by atoms with E-state index in [2.05, 4.69) is 0 Å².